The van der Waals surface area contributed by atoms with Crippen LogP contribution in [0.1, 0.15) is 52.4 Å². The van der Waals surface area contributed by atoms with Crippen molar-refractivity contribution >= 4 is 17.5 Å². The largest absolute Gasteiger partial charge is 0.353 e. The Morgan fingerprint density at radius 2 is 1.82 bits per heavy atom. The molecule has 0 radical (unpaired) electrons. The third-order valence-electron chi connectivity index (χ3n) is 4.89. The molecule has 0 unspecified atom stereocenters. The number of halogens is 1. The van der Waals surface area contributed by atoms with Gasteiger partial charge in [0.05, 0.1) is 5.41 Å². The number of hydrogen-bond donors (Lipinski definition) is 1. The van der Waals surface area contributed by atoms with Crippen molar-refractivity contribution in [2.45, 2.75) is 63.3 Å². The first-order chi connectivity index (χ1) is 7.91. The summed E-state index contributed by atoms with van der Waals surface area (Å²) >= 11 is 6.72. The average Bonchev–Trinajstić information content (AvgIpc) is 2.11. The van der Waals surface area contributed by atoms with Crippen molar-refractivity contribution in [1.29, 1.82) is 0 Å². The molecule has 1 amide bonds. The van der Waals surface area contributed by atoms with E-state index >= 15 is 0 Å². The van der Waals surface area contributed by atoms with Gasteiger partial charge < -0.3 is 5.32 Å². The SMILES string of the molecule is CC(C)NC(=O)C12C[C@@H]3C[C@H](CC(Cl)(C3)C1)C2. The van der Waals surface area contributed by atoms with Gasteiger partial charge in [-0.15, -0.1) is 11.6 Å². The Balaban J connectivity index is 1.85. The maximum absolute atomic E-state index is 12.5. The van der Waals surface area contributed by atoms with Crippen LogP contribution in [0.3, 0.4) is 0 Å². The van der Waals surface area contributed by atoms with Crippen LogP contribution in [0.15, 0.2) is 0 Å². The zero-order chi connectivity index (χ0) is 12.3. The summed E-state index contributed by atoms with van der Waals surface area (Å²) in [5.41, 5.74) is -0.129. The summed E-state index contributed by atoms with van der Waals surface area (Å²) in [5.74, 6) is 1.67. The molecule has 0 aromatic carbocycles. The van der Waals surface area contributed by atoms with Crippen LogP contribution in [0.25, 0.3) is 0 Å². The molecular formula is C14H22ClNO. The van der Waals surface area contributed by atoms with Gasteiger partial charge in [0, 0.05) is 10.9 Å². The van der Waals surface area contributed by atoms with Crippen molar-refractivity contribution in [1.82, 2.24) is 5.32 Å². The molecular weight excluding hydrogens is 234 g/mol. The Labute approximate surface area is 108 Å². The molecule has 0 aromatic rings. The van der Waals surface area contributed by atoms with Crippen LogP contribution in [0.5, 0.6) is 0 Å². The van der Waals surface area contributed by atoms with Gasteiger partial charge in [-0.05, 0) is 64.2 Å². The van der Waals surface area contributed by atoms with E-state index in [-0.39, 0.29) is 22.2 Å². The van der Waals surface area contributed by atoms with Crippen molar-refractivity contribution in [3.8, 4) is 0 Å². The van der Waals surface area contributed by atoms with Crippen molar-refractivity contribution in [3.05, 3.63) is 0 Å². The molecule has 4 saturated carbocycles. The van der Waals surface area contributed by atoms with E-state index in [1.807, 2.05) is 13.8 Å². The highest BCUT2D eigenvalue weighted by Gasteiger charge is 2.59. The number of nitrogens with one attached hydrogen (secondary N) is 1. The van der Waals surface area contributed by atoms with E-state index in [9.17, 15) is 4.79 Å². The standard InChI is InChI=1S/C14H22ClNO/c1-9(2)16-12(17)13-4-10-3-11(5-13)7-14(15,6-10)8-13/h9-11H,3-8H2,1-2H3,(H,16,17)/t10-,11-,13?,14?/m0/s1. The number of rotatable bonds is 2. The Morgan fingerprint density at radius 1 is 1.24 bits per heavy atom. The van der Waals surface area contributed by atoms with Gasteiger partial charge in [0.15, 0.2) is 0 Å². The van der Waals surface area contributed by atoms with Gasteiger partial charge in [0.2, 0.25) is 5.91 Å². The van der Waals surface area contributed by atoms with E-state index in [4.69, 9.17) is 11.6 Å². The van der Waals surface area contributed by atoms with Gasteiger partial charge in [0.1, 0.15) is 0 Å². The van der Waals surface area contributed by atoms with Crippen molar-refractivity contribution in [2.24, 2.45) is 17.3 Å². The van der Waals surface area contributed by atoms with Crippen LogP contribution >= 0.6 is 11.6 Å². The lowest BCUT2D eigenvalue weighted by Crippen LogP contribution is -2.59. The van der Waals surface area contributed by atoms with E-state index in [1.165, 1.54) is 6.42 Å². The van der Waals surface area contributed by atoms with E-state index in [0.717, 1.165) is 32.1 Å². The van der Waals surface area contributed by atoms with Crippen LogP contribution in [0, 0.1) is 17.3 Å². The molecule has 17 heavy (non-hydrogen) atoms. The molecule has 0 heterocycles. The molecule has 0 saturated heterocycles. The van der Waals surface area contributed by atoms with Crippen LogP contribution in [-0.2, 0) is 4.79 Å². The number of hydrogen-bond acceptors (Lipinski definition) is 1. The van der Waals surface area contributed by atoms with Crippen LogP contribution < -0.4 is 5.32 Å². The van der Waals surface area contributed by atoms with E-state index in [2.05, 4.69) is 5.32 Å². The van der Waals surface area contributed by atoms with Gasteiger partial charge in [-0.1, -0.05) is 0 Å². The smallest absolute Gasteiger partial charge is 0.226 e. The molecule has 4 aliphatic rings. The third-order valence-corrected chi connectivity index (χ3v) is 5.33. The van der Waals surface area contributed by atoms with Crippen LogP contribution in [0.2, 0.25) is 0 Å². The van der Waals surface area contributed by atoms with Crippen molar-refractivity contribution in [2.75, 3.05) is 0 Å². The molecule has 0 aliphatic heterocycles. The van der Waals surface area contributed by atoms with E-state index in [0.29, 0.717) is 11.8 Å². The predicted octanol–water partition coefficient (Wildman–Crippen LogP) is 3.09. The fourth-order valence-corrected chi connectivity index (χ4v) is 5.52. The molecule has 2 nitrogen and oxygen atoms in total. The van der Waals surface area contributed by atoms with Crippen molar-refractivity contribution in [3.63, 3.8) is 0 Å². The summed E-state index contributed by atoms with van der Waals surface area (Å²) in [6.45, 7) is 4.07. The Kier molecular flexibility index (Phi) is 2.52. The molecule has 4 rings (SSSR count). The fourth-order valence-electron chi connectivity index (χ4n) is 4.83. The molecule has 96 valence electrons. The molecule has 4 aliphatic carbocycles. The molecule has 4 fully saturated rings. The Bertz CT molecular complexity index is 338. The van der Waals surface area contributed by atoms with Gasteiger partial charge in [-0.2, -0.15) is 0 Å². The lowest BCUT2D eigenvalue weighted by molar-refractivity contribution is -0.145. The van der Waals surface area contributed by atoms with E-state index < -0.39 is 0 Å². The summed E-state index contributed by atoms with van der Waals surface area (Å²) in [6, 6.07) is 0.238. The average molecular weight is 256 g/mol. The minimum absolute atomic E-state index is 0.0571. The normalized spacial score (nSPS) is 47.5. The molecule has 1 N–H and O–H groups in total. The maximum atomic E-state index is 12.5. The fraction of sp³-hybridized carbons (Fsp3) is 0.929. The molecule has 4 bridgehead atoms. The minimum Gasteiger partial charge on any atom is -0.353 e. The first-order valence-electron chi connectivity index (χ1n) is 6.91. The first-order valence-corrected chi connectivity index (χ1v) is 7.29. The monoisotopic (exact) mass is 255 g/mol. The summed E-state index contributed by atoms with van der Waals surface area (Å²) in [6.07, 6.45) is 6.66. The number of amides is 1. The summed E-state index contributed by atoms with van der Waals surface area (Å²) < 4.78 is 0. The van der Waals surface area contributed by atoms with Crippen LogP contribution in [0.4, 0.5) is 0 Å². The number of carbonyl (C=O) groups is 1. The predicted molar refractivity (Wildman–Crippen MR) is 69.0 cm³/mol. The Hall–Kier alpha value is -0.240. The first kappa shape index (κ1) is 11.8. The molecule has 2 atom stereocenters. The van der Waals surface area contributed by atoms with Gasteiger partial charge in [-0.25, -0.2) is 0 Å². The van der Waals surface area contributed by atoms with Gasteiger partial charge >= 0.3 is 0 Å². The second-order valence-electron chi connectivity index (χ2n) is 7.02. The second-order valence-corrected chi connectivity index (χ2v) is 7.82. The lowest BCUT2D eigenvalue weighted by Gasteiger charge is -2.59. The highest BCUT2D eigenvalue weighted by Crippen LogP contribution is 2.63. The number of alkyl halides is 1. The zero-order valence-electron chi connectivity index (χ0n) is 10.8. The molecule has 0 spiro atoms. The maximum Gasteiger partial charge on any atom is 0.226 e. The van der Waals surface area contributed by atoms with Crippen molar-refractivity contribution < 1.29 is 4.79 Å². The highest BCUT2D eigenvalue weighted by atomic mass is 35.5. The van der Waals surface area contributed by atoms with E-state index in [1.54, 1.807) is 0 Å². The zero-order valence-corrected chi connectivity index (χ0v) is 11.5. The van der Waals surface area contributed by atoms with Crippen LogP contribution in [-0.4, -0.2) is 16.8 Å². The lowest BCUT2D eigenvalue weighted by atomic mass is 9.49. The quantitative estimate of drug-likeness (QED) is 0.755. The van der Waals surface area contributed by atoms with Gasteiger partial charge in [0.25, 0.3) is 0 Å². The summed E-state index contributed by atoms with van der Waals surface area (Å²) in [4.78, 5) is 12.4. The Morgan fingerprint density at radius 3 is 2.29 bits per heavy atom. The number of carbonyl (C=O) groups excluding carboxylic acids is 1. The topological polar surface area (TPSA) is 29.1 Å². The summed E-state index contributed by atoms with van der Waals surface area (Å²) in [5, 5.41) is 3.12. The minimum atomic E-state index is -0.129. The van der Waals surface area contributed by atoms with Gasteiger partial charge in [-0.3, -0.25) is 4.79 Å². The second kappa shape index (κ2) is 3.63. The molecule has 0 aromatic heterocycles. The molecule has 3 heteroatoms. The summed E-state index contributed by atoms with van der Waals surface area (Å²) in [7, 11) is 0. The third kappa shape index (κ3) is 1.89. The highest BCUT2D eigenvalue weighted by molar-refractivity contribution is 6.24.